The van der Waals surface area contributed by atoms with Crippen molar-refractivity contribution in [3.63, 3.8) is 0 Å². The number of carbonyl (C=O) groups excluding carboxylic acids is 1. The summed E-state index contributed by atoms with van der Waals surface area (Å²) in [6.45, 7) is 8.88. The second-order valence-corrected chi connectivity index (χ2v) is 9.99. The molecule has 0 saturated heterocycles. The van der Waals surface area contributed by atoms with Crippen molar-refractivity contribution in [1.29, 1.82) is 0 Å². The van der Waals surface area contributed by atoms with Gasteiger partial charge in [0.05, 0.1) is 4.92 Å². The van der Waals surface area contributed by atoms with E-state index in [-0.39, 0.29) is 41.7 Å². The lowest BCUT2D eigenvalue weighted by Crippen LogP contribution is -2.06. The first-order valence-electron chi connectivity index (χ1n) is 12.5. The number of nitro groups is 1. The van der Waals surface area contributed by atoms with Crippen molar-refractivity contribution in [2.45, 2.75) is 66.0 Å². The molecule has 1 aromatic heterocycles. The molecule has 3 aromatic rings. The number of aryl methyl sites for hydroxylation is 1. The molecule has 0 atom stereocenters. The normalized spacial score (nSPS) is 11.2. The first kappa shape index (κ1) is 27.6. The molecule has 196 valence electrons. The van der Waals surface area contributed by atoms with Crippen LogP contribution in [0, 0.1) is 16.0 Å². The van der Waals surface area contributed by atoms with Gasteiger partial charge in [-0.05, 0) is 53.5 Å². The fraction of sp³-hybridized carbons (Fsp3) is 0.379. The zero-order valence-corrected chi connectivity index (χ0v) is 21.8. The number of nitro benzene ring substituents is 1. The summed E-state index contributed by atoms with van der Waals surface area (Å²) in [6.07, 6.45) is 4.99. The summed E-state index contributed by atoms with van der Waals surface area (Å²) in [7, 11) is 0. The number of rotatable bonds is 13. The monoisotopic (exact) mass is 506 g/mol. The fourth-order valence-electron chi connectivity index (χ4n) is 4.20. The summed E-state index contributed by atoms with van der Waals surface area (Å²) in [6, 6.07) is 12.3. The fourth-order valence-corrected chi connectivity index (χ4v) is 4.20. The molecule has 8 nitrogen and oxygen atoms in total. The quantitative estimate of drug-likeness (QED) is 0.163. The molecule has 0 spiro atoms. The van der Waals surface area contributed by atoms with Gasteiger partial charge in [0.15, 0.2) is 11.5 Å². The Bertz CT molecular complexity index is 1260. The standard InChI is InChI=1S/C29H34N2O6/c1-19(2)14-21-7-9-22(10-8-21)18-37-27-12-11-23(15-26(27)31(35)36)29(34)25-17-30(13-5-6-28(32)33)16-24(25)20(3)4/h7-12,15-17,19-20H,5-6,13-14,18H2,1-4H3,(H,32,33). The predicted molar refractivity (Wildman–Crippen MR) is 141 cm³/mol. The van der Waals surface area contributed by atoms with Crippen LogP contribution in [0.25, 0.3) is 0 Å². The summed E-state index contributed by atoms with van der Waals surface area (Å²) >= 11 is 0. The molecule has 0 aliphatic rings. The van der Waals surface area contributed by atoms with Gasteiger partial charge in [-0.2, -0.15) is 0 Å². The van der Waals surface area contributed by atoms with Crippen LogP contribution in [0.15, 0.2) is 54.9 Å². The smallest absolute Gasteiger partial charge is 0.311 e. The second kappa shape index (κ2) is 12.3. The van der Waals surface area contributed by atoms with Crippen LogP contribution in [0.2, 0.25) is 0 Å². The number of nitrogens with zero attached hydrogens (tertiary/aromatic N) is 2. The molecule has 0 amide bonds. The molecule has 8 heteroatoms. The lowest BCUT2D eigenvalue weighted by atomic mass is 9.96. The number of carboxylic acid groups (broad SMARTS) is 1. The first-order valence-corrected chi connectivity index (χ1v) is 12.5. The number of hydrogen-bond acceptors (Lipinski definition) is 5. The number of benzene rings is 2. The third kappa shape index (κ3) is 7.52. The van der Waals surface area contributed by atoms with Gasteiger partial charge in [0, 0.05) is 42.6 Å². The maximum absolute atomic E-state index is 13.4. The second-order valence-electron chi connectivity index (χ2n) is 9.99. The maximum atomic E-state index is 13.4. The number of carboxylic acids is 1. The predicted octanol–water partition coefficient (Wildman–Crippen LogP) is 6.39. The Morgan fingerprint density at radius 3 is 2.30 bits per heavy atom. The Hall–Kier alpha value is -3.94. The lowest BCUT2D eigenvalue weighted by molar-refractivity contribution is -0.386. The van der Waals surface area contributed by atoms with Crippen LogP contribution in [0.1, 0.15) is 79.1 Å². The Morgan fingerprint density at radius 2 is 1.70 bits per heavy atom. The van der Waals surface area contributed by atoms with E-state index in [0.717, 1.165) is 17.5 Å². The SMILES string of the molecule is CC(C)Cc1ccc(COc2ccc(C(=O)c3cn(CCCC(=O)O)cc3C(C)C)cc2[N+](=O)[O-])cc1. The van der Waals surface area contributed by atoms with Crippen molar-refractivity contribution in [2.75, 3.05) is 0 Å². The maximum Gasteiger partial charge on any atom is 0.311 e. The van der Waals surface area contributed by atoms with Gasteiger partial charge in [-0.25, -0.2) is 0 Å². The van der Waals surface area contributed by atoms with Gasteiger partial charge in [-0.15, -0.1) is 0 Å². The van der Waals surface area contributed by atoms with E-state index in [1.165, 1.54) is 17.7 Å². The molecule has 0 saturated carbocycles. The van der Waals surface area contributed by atoms with E-state index in [9.17, 15) is 19.7 Å². The Kier molecular flexibility index (Phi) is 9.22. The van der Waals surface area contributed by atoms with E-state index < -0.39 is 10.9 Å². The number of aliphatic carboxylic acids is 1. The van der Waals surface area contributed by atoms with Crippen LogP contribution in [0.5, 0.6) is 5.75 Å². The summed E-state index contributed by atoms with van der Waals surface area (Å²) < 4.78 is 7.58. The average molecular weight is 507 g/mol. The highest BCUT2D eigenvalue weighted by atomic mass is 16.6. The zero-order valence-electron chi connectivity index (χ0n) is 21.8. The van der Waals surface area contributed by atoms with Gasteiger partial charge < -0.3 is 14.4 Å². The lowest BCUT2D eigenvalue weighted by Gasteiger charge is -2.10. The minimum absolute atomic E-state index is 0.0359. The Balaban J connectivity index is 1.79. The highest BCUT2D eigenvalue weighted by Crippen LogP contribution is 2.31. The summed E-state index contributed by atoms with van der Waals surface area (Å²) in [5, 5.41) is 20.7. The molecular weight excluding hydrogens is 472 g/mol. The molecule has 37 heavy (non-hydrogen) atoms. The highest BCUT2D eigenvalue weighted by Gasteiger charge is 2.23. The topological polar surface area (TPSA) is 112 Å². The van der Waals surface area contributed by atoms with Crippen LogP contribution in [0.4, 0.5) is 5.69 Å². The molecule has 1 heterocycles. The van der Waals surface area contributed by atoms with Gasteiger partial charge in [-0.1, -0.05) is 52.0 Å². The first-order chi connectivity index (χ1) is 17.5. The van der Waals surface area contributed by atoms with Crippen LogP contribution in [-0.4, -0.2) is 26.3 Å². The minimum Gasteiger partial charge on any atom is -0.482 e. The number of hydrogen-bond donors (Lipinski definition) is 1. The Morgan fingerprint density at radius 1 is 1.03 bits per heavy atom. The van der Waals surface area contributed by atoms with E-state index in [1.54, 1.807) is 12.3 Å². The highest BCUT2D eigenvalue weighted by molar-refractivity contribution is 6.10. The third-order valence-corrected chi connectivity index (χ3v) is 6.06. The molecule has 3 rings (SSSR count). The molecule has 0 fully saturated rings. The molecule has 2 aromatic carbocycles. The largest absolute Gasteiger partial charge is 0.482 e. The van der Waals surface area contributed by atoms with Crippen molar-refractivity contribution < 1.29 is 24.4 Å². The van der Waals surface area contributed by atoms with Crippen LogP contribution in [0.3, 0.4) is 0 Å². The average Bonchev–Trinajstić information content (AvgIpc) is 3.27. The van der Waals surface area contributed by atoms with Crippen molar-refractivity contribution in [3.8, 4) is 5.75 Å². The van der Waals surface area contributed by atoms with Gasteiger partial charge in [0.25, 0.3) is 0 Å². The summed E-state index contributed by atoms with van der Waals surface area (Å²) in [5.74, 6) is -0.494. The number of aromatic nitrogens is 1. The molecule has 0 aliphatic heterocycles. The van der Waals surface area contributed by atoms with Gasteiger partial charge in [0.2, 0.25) is 0 Å². The van der Waals surface area contributed by atoms with Crippen LogP contribution < -0.4 is 4.74 Å². The van der Waals surface area contributed by atoms with E-state index in [2.05, 4.69) is 13.8 Å². The van der Waals surface area contributed by atoms with Crippen molar-refractivity contribution in [1.82, 2.24) is 4.57 Å². The summed E-state index contributed by atoms with van der Waals surface area (Å²) in [5.41, 5.74) is 3.31. The van der Waals surface area contributed by atoms with Crippen molar-refractivity contribution >= 4 is 17.4 Å². The van der Waals surface area contributed by atoms with Gasteiger partial charge in [0.1, 0.15) is 6.61 Å². The molecule has 0 aliphatic carbocycles. The van der Waals surface area contributed by atoms with E-state index in [1.807, 2.05) is 48.9 Å². The summed E-state index contributed by atoms with van der Waals surface area (Å²) in [4.78, 5) is 35.5. The molecule has 0 bridgehead atoms. The van der Waals surface area contributed by atoms with Crippen LogP contribution >= 0.6 is 0 Å². The molecule has 0 unspecified atom stereocenters. The van der Waals surface area contributed by atoms with Gasteiger partial charge in [-0.3, -0.25) is 19.7 Å². The van der Waals surface area contributed by atoms with E-state index in [4.69, 9.17) is 9.84 Å². The van der Waals surface area contributed by atoms with Gasteiger partial charge >= 0.3 is 11.7 Å². The molecule has 1 N–H and O–H groups in total. The third-order valence-electron chi connectivity index (χ3n) is 6.06. The van der Waals surface area contributed by atoms with Crippen LogP contribution in [-0.2, 0) is 24.4 Å². The molecule has 0 radical (unpaired) electrons. The number of carbonyl (C=O) groups is 2. The minimum atomic E-state index is -0.870. The molecular formula is C29H34N2O6. The van der Waals surface area contributed by atoms with E-state index >= 15 is 0 Å². The zero-order chi connectivity index (χ0) is 27.1. The Labute approximate surface area is 217 Å². The number of ether oxygens (including phenoxy) is 1. The van der Waals surface area contributed by atoms with Crippen molar-refractivity contribution in [3.05, 3.63) is 92.8 Å². The number of ketones is 1. The van der Waals surface area contributed by atoms with Crippen molar-refractivity contribution in [2.24, 2.45) is 5.92 Å². The van der Waals surface area contributed by atoms with E-state index in [0.29, 0.717) is 24.4 Å².